The van der Waals surface area contributed by atoms with Gasteiger partial charge in [0.05, 0.1) is 12.2 Å². The first kappa shape index (κ1) is 19.5. The molecular formula is C17H29N3O3. The van der Waals surface area contributed by atoms with Crippen LogP contribution in [0.25, 0.3) is 0 Å². The SMILES string of the molecule is CCCCOCCCN/C=C(/C#N)C(=O)N1CC(C)OC(C)C1. The molecule has 0 aromatic heterocycles. The van der Waals surface area contributed by atoms with Crippen LogP contribution in [0.3, 0.4) is 0 Å². The van der Waals surface area contributed by atoms with Crippen molar-refractivity contribution in [2.24, 2.45) is 0 Å². The summed E-state index contributed by atoms with van der Waals surface area (Å²) in [5.74, 6) is -0.235. The van der Waals surface area contributed by atoms with Crippen LogP contribution in [0.2, 0.25) is 0 Å². The molecule has 0 aromatic carbocycles. The van der Waals surface area contributed by atoms with Crippen molar-refractivity contribution in [3.8, 4) is 6.07 Å². The molecule has 1 heterocycles. The van der Waals surface area contributed by atoms with Crippen molar-refractivity contribution in [1.82, 2.24) is 10.2 Å². The Morgan fingerprint density at radius 1 is 1.35 bits per heavy atom. The van der Waals surface area contributed by atoms with Crippen molar-refractivity contribution in [3.05, 3.63) is 11.8 Å². The molecule has 1 amide bonds. The van der Waals surface area contributed by atoms with E-state index in [4.69, 9.17) is 9.47 Å². The number of nitriles is 1. The van der Waals surface area contributed by atoms with E-state index in [1.54, 1.807) is 4.90 Å². The molecular weight excluding hydrogens is 294 g/mol. The molecule has 0 bridgehead atoms. The van der Waals surface area contributed by atoms with Gasteiger partial charge in [-0.2, -0.15) is 5.26 Å². The third-order valence-corrected chi connectivity index (χ3v) is 3.56. The monoisotopic (exact) mass is 323 g/mol. The van der Waals surface area contributed by atoms with Gasteiger partial charge in [-0.05, 0) is 26.7 Å². The molecule has 0 aromatic rings. The summed E-state index contributed by atoms with van der Waals surface area (Å²) in [5, 5.41) is 12.2. The third-order valence-electron chi connectivity index (χ3n) is 3.56. The van der Waals surface area contributed by atoms with E-state index in [9.17, 15) is 10.1 Å². The van der Waals surface area contributed by atoms with Crippen LogP contribution in [0.15, 0.2) is 11.8 Å². The lowest BCUT2D eigenvalue weighted by Crippen LogP contribution is -2.48. The summed E-state index contributed by atoms with van der Waals surface area (Å²) < 4.78 is 11.1. The highest BCUT2D eigenvalue weighted by molar-refractivity contribution is 5.97. The van der Waals surface area contributed by atoms with Crippen LogP contribution in [0, 0.1) is 11.3 Å². The predicted octanol–water partition coefficient (Wildman–Crippen LogP) is 1.83. The van der Waals surface area contributed by atoms with Crippen LogP contribution in [0.5, 0.6) is 0 Å². The fourth-order valence-electron chi connectivity index (χ4n) is 2.45. The first-order valence-electron chi connectivity index (χ1n) is 8.44. The van der Waals surface area contributed by atoms with Gasteiger partial charge in [0.1, 0.15) is 11.6 Å². The average molecular weight is 323 g/mol. The molecule has 6 heteroatoms. The van der Waals surface area contributed by atoms with E-state index in [-0.39, 0.29) is 23.7 Å². The van der Waals surface area contributed by atoms with Gasteiger partial charge < -0.3 is 19.7 Å². The molecule has 1 aliphatic rings. The number of ether oxygens (including phenoxy) is 2. The highest BCUT2D eigenvalue weighted by atomic mass is 16.5. The van der Waals surface area contributed by atoms with Crippen molar-refractivity contribution in [1.29, 1.82) is 5.26 Å². The first-order valence-corrected chi connectivity index (χ1v) is 8.44. The van der Waals surface area contributed by atoms with Crippen LogP contribution in [-0.4, -0.2) is 55.9 Å². The number of carbonyl (C=O) groups is 1. The van der Waals surface area contributed by atoms with E-state index in [0.717, 1.165) is 25.9 Å². The minimum absolute atomic E-state index is 0.00382. The number of hydrogen-bond donors (Lipinski definition) is 1. The van der Waals surface area contributed by atoms with Crippen molar-refractivity contribution < 1.29 is 14.3 Å². The smallest absolute Gasteiger partial charge is 0.266 e. The van der Waals surface area contributed by atoms with Gasteiger partial charge in [0.15, 0.2) is 0 Å². The molecule has 0 spiro atoms. The van der Waals surface area contributed by atoms with E-state index in [2.05, 4.69) is 12.2 Å². The van der Waals surface area contributed by atoms with Gasteiger partial charge in [0.2, 0.25) is 0 Å². The molecule has 0 aliphatic carbocycles. The number of hydrogen-bond acceptors (Lipinski definition) is 5. The minimum atomic E-state index is -0.235. The van der Waals surface area contributed by atoms with E-state index < -0.39 is 0 Å². The second kappa shape index (κ2) is 11.0. The Hall–Kier alpha value is -1.58. The van der Waals surface area contributed by atoms with Crippen molar-refractivity contribution in [2.75, 3.05) is 32.8 Å². The molecule has 1 saturated heterocycles. The number of amides is 1. The second-order valence-electron chi connectivity index (χ2n) is 5.91. The van der Waals surface area contributed by atoms with Crippen molar-refractivity contribution in [3.63, 3.8) is 0 Å². The topological polar surface area (TPSA) is 74.6 Å². The largest absolute Gasteiger partial charge is 0.390 e. The Bertz CT molecular complexity index is 421. The summed E-state index contributed by atoms with van der Waals surface area (Å²) in [7, 11) is 0. The third kappa shape index (κ3) is 7.49. The molecule has 1 rings (SSSR count). The number of carbonyl (C=O) groups excluding carboxylic acids is 1. The fraction of sp³-hybridized carbons (Fsp3) is 0.765. The lowest BCUT2D eigenvalue weighted by atomic mass is 10.2. The lowest BCUT2D eigenvalue weighted by Gasteiger charge is -2.35. The molecule has 2 unspecified atom stereocenters. The van der Waals surface area contributed by atoms with Crippen LogP contribution >= 0.6 is 0 Å². The maximum atomic E-state index is 12.4. The summed E-state index contributed by atoms with van der Waals surface area (Å²) in [5.41, 5.74) is 0.137. The highest BCUT2D eigenvalue weighted by Crippen LogP contribution is 2.13. The normalized spacial score (nSPS) is 21.8. The zero-order valence-electron chi connectivity index (χ0n) is 14.5. The van der Waals surface area contributed by atoms with Gasteiger partial charge in [-0.1, -0.05) is 13.3 Å². The quantitative estimate of drug-likeness (QED) is 0.398. The van der Waals surface area contributed by atoms with Gasteiger partial charge >= 0.3 is 0 Å². The van der Waals surface area contributed by atoms with E-state index in [0.29, 0.717) is 26.2 Å². The molecule has 1 N–H and O–H groups in total. The number of nitrogens with one attached hydrogen (secondary N) is 1. The van der Waals surface area contributed by atoms with E-state index in [1.807, 2.05) is 19.9 Å². The fourth-order valence-corrected chi connectivity index (χ4v) is 2.45. The maximum absolute atomic E-state index is 12.4. The summed E-state index contributed by atoms with van der Waals surface area (Å²) in [6.07, 6.45) is 4.56. The van der Waals surface area contributed by atoms with Gasteiger partial charge in [0, 0.05) is 39.0 Å². The van der Waals surface area contributed by atoms with Crippen molar-refractivity contribution in [2.45, 2.75) is 52.2 Å². The van der Waals surface area contributed by atoms with Crippen LogP contribution in [0.1, 0.15) is 40.0 Å². The van der Waals surface area contributed by atoms with Gasteiger partial charge in [-0.15, -0.1) is 0 Å². The molecule has 6 nitrogen and oxygen atoms in total. The molecule has 0 radical (unpaired) electrons. The number of nitrogens with zero attached hydrogens (tertiary/aromatic N) is 2. The number of rotatable bonds is 9. The summed E-state index contributed by atoms with van der Waals surface area (Å²) in [4.78, 5) is 14.1. The van der Waals surface area contributed by atoms with E-state index >= 15 is 0 Å². The Kier molecular flexibility index (Phi) is 9.34. The second-order valence-corrected chi connectivity index (χ2v) is 5.91. The number of unbranched alkanes of at least 4 members (excludes halogenated alkanes) is 1. The van der Waals surface area contributed by atoms with E-state index in [1.165, 1.54) is 6.20 Å². The van der Waals surface area contributed by atoms with Crippen LogP contribution in [-0.2, 0) is 14.3 Å². The maximum Gasteiger partial charge on any atom is 0.266 e. The van der Waals surface area contributed by atoms with Gasteiger partial charge in [0.25, 0.3) is 5.91 Å². The number of morpholine rings is 1. The highest BCUT2D eigenvalue weighted by Gasteiger charge is 2.27. The molecule has 0 saturated carbocycles. The van der Waals surface area contributed by atoms with Gasteiger partial charge in [-0.3, -0.25) is 4.79 Å². The molecule has 130 valence electrons. The standard InChI is InChI=1S/C17H29N3O3/c1-4-5-8-22-9-6-7-19-11-16(10-18)17(21)20-12-14(2)23-15(3)13-20/h11,14-15,19H,4-9,12-13H2,1-3H3/b16-11-. The Balaban J connectivity index is 2.34. The van der Waals surface area contributed by atoms with Crippen LogP contribution < -0.4 is 5.32 Å². The predicted molar refractivity (Wildman–Crippen MR) is 88.6 cm³/mol. The summed E-state index contributed by atoms with van der Waals surface area (Å²) in [6.45, 7) is 9.20. The summed E-state index contributed by atoms with van der Waals surface area (Å²) in [6, 6.07) is 1.98. The summed E-state index contributed by atoms with van der Waals surface area (Å²) >= 11 is 0. The molecule has 1 aliphatic heterocycles. The Morgan fingerprint density at radius 3 is 2.61 bits per heavy atom. The molecule has 23 heavy (non-hydrogen) atoms. The molecule has 1 fully saturated rings. The average Bonchev–Trinajstić information content (AvgIpc) is 2.52. The lowest BCUT2D eigenvalue weighted by molar-refractivity contribution is -0.138. The first-order chi connectivity index (χ1) is 11.1. The Labute approximate surface area is 139 Å². The zero-order valence-corrected chi connectivity index (χ0v) is 14.5. The minimum Gasteiger partial charge on any atom is -0.390 e. The van der Waals surface area contributed by atoms with Gasteiger partial charge in [-0.25, -0.2) is 0 Å². The zero-order chi connectivity index (χ0) is 17.1. The Morgan fingerprint density at radius 2 is 2.00 bits per heavy atom. The van der Waals surface area contributed by atoms with Crippen LogP contribution in [0.4, 0.5) is 0 Å². The molecule has 2 atom stereocenters. The van der Waals surface area contributed by atoms with Crippen molar-refractivity contribution >= 4 is 5.91 Å².